The average molecular weight is 452 g/mol. The second kappa shape index (κ2) is 8.80. The molecule has 164 valence electrons. The minimum Gasteiger partial charge on any atom is -0.504 e. The molecule has 2 aromatic carbocycles. The van der Waals surface area contributed by atoms with Gasteiger partial charge in [0.1, 0.15) is 5.56 Å². The highest BCUT2D eigenvalue weighted by Gasteiger charge is 2.27. The minimum atomic E-state index is -0.725. The van der Waals surface area contributed by atoms with Gasteiger partial charge in [-0.1, -0.05) is 24.3 Å². The van der Waals surface area contributed by atoms with Crippen molar-refractivity contribution in [1.82, 2.24) is 9.55 Å². The largest absolute Gasteiger partial charge is 0.504 e. The van der Waals surface area contributed by atoms with Crippen molar-refractivity contribution in [3.63, 3.8) is 0 Å². The van der Waals surface area contributed by atoms with Crippen LogP contribution in [-0.2, 0) is 6.54 Å². The number of aliphatic imine (C=N–C) groups is 1. The van der Waals surface area contributed by atoms with Gasteiger partial charge in [-0.15, -0.1) is 18.3 Å². The molecule has 0 spiro atoms. The number of phenolic OH excluding ortho intramolecular Hbond substituents is 1. The highest BCUT2D eigenvalue weighted by atomic mass is 32.2. The van der Waals surface area contributed by atoms with E-state index in [-0.39, 0.29) is 29.5 Å². The zero-order valence-electron chi connectivity index (χ0n) is 17.2. The molecular formula is C23H21N3O5S. The number of nitrogens with zero attached hydrogens (tertiary/aromatic N) is 2. The molecule has 0 saturated carbocycles. The molecule has 1 aromatic heterocycles. The fraction of sp³-hybridized carbons (Fsp3) is 0.174. The molecule has 0 aliphatic carbocycles. The molecule has 1 aliphatic rings. The number of ether oxygens (including phenoxy) is 1. The standard InChI is InChI=1S/C23H21N3O5S/c1-3-10-26-22(29)20(21(28)25-23(26)30)15-12-19(13-8-9-17(31-2)16(27)11-13)32-18-7-5-4-6-14(18)24-15/h3-9,11,19,27,29H,1,10,12H2,2H3,(H,25,28,30)/t19-/m1/s1. The fourth-order valence-electron chi connectivity index (χ4n) is 3.58. The summed E-state index contributed by atoms with van der Waals surface area (Å²) in [5.41, 5.74) is 0.274. The number of aromatic nitrogens is 2. The molecule has 2 heterocycles. The number of phenols is 1. The number of nitrogens with one attached hydrogen (secondary N) is 1. The number of benzene rings is 2. The van der Waals surface area contributed by atoms with Gasteiger partial charge < -0.3 is 14.9 Å². The Balaban J connectivity index is 1.89. The van der Waals surface area contributed by atoms with Crippen molar-refractivity contribution in [3.8, 4) is 17.4 Å². The Bertz CT molecular complexity index is 1340. The first-order valence-electron chi connectivity index (χ1n) is 9.80. The van der Waals surface area contributed by atoms with Crippen LogP contribution in [0.15, 0.2) is 74.6 Å². The Kier molecular flexibility index (Phi) is 5.91. The van der Waals surface area contributed by atoms with Crippen LogP contribution in [0, 0.1) is 0 Å². The monoisotopic (exact) mass is 451 g/mol. The average Bonchev–Trinajstić information content (AvgIpc) is 2.96. The van der Waals surface area contributed by atoms with Crippen LogP contribution in [0.1, 0.15) is 22.8 Å². The number of allylic oxidation sites excluding steroid dienone is 1. The second-order valence-electron chi connectivity index (χ2n) is 7.13. The van der Waals surface area contributed by atoms with Gasteiger partial charge in [0.25, 0.3) is 5.56 Å². The van der Waals surface area contributed by atoms with E-state index < -0.39 is 17.1 Å². The summed E-state index contributed by atoms with van der Waals surface area (Å²) in [5.74, 6) is -0.104. The van der Waals surface area contributed by atoms with Gasteiger partial charge in [0.15, 0.2) is 11.5 Å². The highest BCUT2D eigenvalue weighted by molar-refractivity contribution is 7.99. The molecule has 1 atom stereocenters. The number of para-hydroxylation sites is 1. The lowest BCUT2D eigenvalue weighted by Gasteiger charge is -2.18. The van der Waals surface area contributed by atoms with Crippen LogP contribution in [-0.4, -0.2) is 32.6 Å². The predicted octanol–water partition coefficient (Wildman–Crippen LogP) is 3.50. The number of rotatable bonds is 5. The molecule has 3 aromatic rings. The maximum Gasteiger partial charge on any atom is 0.331 e. The van der Waals surface area contributed by atoms with E-state index in [0.29, 0.717) is 17.1 Å². The maximum absolute atomic E-state index is 12.7. The number of hydrogen-bond donors (Lipinski definition) is 3. The number of aromatic hydroxyl groups is 2. The summed E-state index contributed by atoms with van der Waals surface area (Å²) in [6.45, 7) is 3.62. The van der Waals surface area contributed by atoms with Crippen LogP contribution in [0.5, 0.6) is 17.4 Å². The first kappa shape index (κ1) is 21.5. The first-order chi connectivity index (χ1) is 15.4. The molecule has 0 fully saturated rings. The van der Waals surface area contributed by atoms with Gasteiger partial charge in [0.2, 0.25) is 5.88 Å². The van der Waals surface area contributed by atoms with Gasteiger partial charge >= 0.3 is 5.69 Å². The molecule has 0 unspecified atom stereocenters. The van der Waals surface area contributed by atoms with E-state index in [9.17, 15) is 19.8 Å². The molecule has 9 heteroatoms. The van der Waals surface area contributed by atoms with Crippen molar-refractivity contribution in [2.75, 3.05) is 7.11 Å². The smallest absolute Gasteiger partial charge is 0.331 e. The lowest BCUT2D eigenvalue weighted by atomic mass is 10.0. The summed E-state index contributed by atoms with van der Waals surface area (Å²) in [6.07, 6.45) is 1.72. The fourth-order valence-corrected chi connectivity index (χ4v) is 4.80. The number of methoxy groups -OCH3 is 1. The molecule has 1 aliphatic heterocycles. The summed E-state index contributed by atoms with van der Waals surface area (Å²) in [6, 6.07) is 12.6. The molecule has 0 saturated heterocycles. The van der Waals surface area contributed by atoms with Crippen molar-refractivity contribution >= 4 is 23.2 Å². The number of hydrogen-bond acceptors (Lipinski definition) is 7. The van der Waals surface area contributed by atoms with Crippen molar-refractivity contribution in [1.29, 1.82) is 0 Å². The van der Waals surface area contributed by atoms with Crippen LogP contribution < -0.4 is 16.0 Å². The molecule has 3 N–H and O–H groups in total. The van der Waals surface area contributed by atoms with E-state index in [0.717, 1.165) is 15.0 Å². The zero-order chi connectivity index (χ0) is 22.8. The van der Waals surface area contributed by atoms with E-state index >= 15 is 0 Å². The van der Waals surface area contributed by atoms with E-state index in [1.165, 1.54) is 24.9 Å². The third-order valence-electron chi connectivity index (χ3n) is 5.12. The van der Waals surface area contributed by atoms with Gasteiger partial charge in [-0.3, -0.25) is 19.3 Å². The van der Waals surface area contributed by atoms with Gasteiger partial charge in [-0.25, -0.2) is 4.79 Å². The normalized spacial score (nSPS) is 15.4. The van der Waals surface area contributed by atoms with Crippen LogP contribution in [0.2, 0.25) is 0 Å². The van der Waals surface area contributed by atoms with E-state index in [4.69, 9.17) is 4.74 Å². The van der Waals surface area contributed by atoms with Crippen LogP contribution in [0.4, 0.5) is 5.69 Å². The Morgan fingerprint density at radius 1 is 1.28 bits per heavy atom. The lowest BCUT2D eigenvalue weighted by Crippen LogP contribution is -2.34. The number of aromatic amines is 1. The minimum absolute atomic E-state index is 0.00171. The Labute approximate surface area is 187 Å². The molecule has 0 bridgehead atoms. The molecule has 32 heavy (non-hydrogen) atoms. The molecule has 8 nitrogen and oxygen atoms in total. The SMILES string of the molecule is C=CCn1c(O)c(C2=Nc3ccccc3S[C@@H](c3ccc(OC)c(O)c3)C2)c(=O)[nH]c1=O. The second-order valence-corrected chi connectivity index (χ2v) is 8.37. The third kappa shape index (κ3) is 3.94. The van der Waals surface area contributed by atoms with E-state index in [1.54, 1.807) is 12.1 Å². The summed E-state index contributed by atoms with van der Waals surface area (Å²) < 4.78 is 6.17. The van der Waals surface area contributed by atoms with Gasteiger partial charge in [-0.2, -0.15) is 0 Å². The third-order valence-corrected chi connectivity index (χ3v) is 6.44. The van der Waals surface area contributed by atoms with Gasteiger partial charge in [0.05, 0.1) is 18.5 Å². The van der Waals surface area contributed by atoms with Crippen LogP contribution in [0.25, 0.3) is 0 Å². The lowest BCUT2D eigenvalue weighted by molar-refractivity contribution is 0.373. The van der Waals surface area contributed by atoms with Crippen molar-refractivity contribution in [2.45, 2.75) is 23.1 Å². The summed E-state index contributed by atoms with van der Waals surface area (Å²) in [5, 5.41) is 20.8. The molecule has 4 rings (SSSR count). The molecule has 0 amide bonds. The molecule has 0 radical (unpaired) electrons. The Morgan fingerprint density at radius 2 is 2.06 bits per heavy atom. The topological polar surface area (TPSA) is 117 Å². The summed E-state index contributed by atoms with van der Waals surface area (Å²) in [7, 11) is 1.48. The highest BCUT2D eigenvalue weighted by Crippen LogP contribution is 2.46. The van der Waals surface area contributed by atoms with E-state index in [2.05, 4.69) is 16.6 Å². The Morgan fingerprint density at radius 3 is 2.78 bits per heavy atom. The van der Waals surface area contributed by atoms with Crippen molar-refractivity contribution < 1.29 is 14.9 Å². The number of fused-ring (bicyclic) bond motifs is 1. The Hall–Kier alpha value is -3.72. The van der Waals surface area contributed by atoms with Crippen molar-refractivity contribution in [2.24, 2.45) is 4.99 Å². The maximum atomic E-state index is 12.7. The summed E-state index contributed by atoms with van der Waals surface area (Å²) >= 11 is 1.54. The van der Waals surface area contributed by atoms with Crippen molar-refractivity contribution in [3.05, 3.63) is 87.1 Å². The van der Waals surface area contributed by atoms with Crippen LogP contribution >= 0.6 is 11.8 Å². The van der Waals surface area contributed by atoms with Crippen LogP contribution in [0.3, 0.4) is 0 Å². The first-order valence-corrected chi connectivity index (χ1v) is 10.7. The number of H-pyrrole nitrogens is 1. The zero-order valence-corrected chi connectivity index (χ0v) is 18.1. The summed E-state index contributed by atoms with van der Waals surface area (Å²) in [4.78, 5) is 32.7. The predicted molar refractivity (Wildman–Crippen MR) is 124 cm³/mol. The number of thioether (sulfide) groups is 1. The quantitative estimate of drug-likeness (QED) is 0.511. The van der Waals surface area contributed by atoms with E-state index in [1.807, 2.05) is 30.3 Å². The van der Waals surface area contributed by atoms with Gasteiger partial charge in [-0.05, 0) is 29.8 Å². The molecular weight excluding hydrogens is 430 g/mol. The van der Waals surface area contributed by atoms with Gasteiger partial charge in [0, 0.05) is 23.1 Å².